The van der Waals surface area contributed by atoms with E-state index in [1.165, 1.54) is 25.3 Å². The number of ketones is 1. The number of hydrogen-bond donors (Lipinski definition) is 0. The van der Waals surface area contributed by atoms with Crippen LogP contribution in [0.15, 0.2) is 40.9 Å². The van der Waals surface area contributed by atoms with Gasteiger partial charge in [0, 0.05) is 5.56 Å². The van der Waals surface area contributed by atoms with Crippen LogP contribution in [0.25, 0.3) is 0 Å². The second-order valence-corrected chi connectivity index (χ2v) is 4.63. The maximum absolute atomic E-state index is 13.8. The Kier molecular flexibility index (Phi) is 3.95. The minimum absolute atomic E-state index is 0.0470. The lowest BCUT2D eigenvalue weighted by Gasteiger charge is -2.06. The summed E-state index contributed by atoms with van der Waals surface area (Å²) < 4.78 is 32.4. The third kappa shape index (κ3) is 2.66. The van der Waals surface area contributed by atoms with Crippen molar-refractivity contribution in [2.45, 2.75) is 0 Å². The van der Waals surface area contributed by atoms with Crippen molar-refractivity contribution in [3.63, 3.8) is 0 Å². The average molecular weight is 327 g/mol. The van der Waals surface area contributed by atoms with Crippen molar-refractivity contribution in [2.75, 3.05) is 7.11 Å². The Bertz CT molecular complexity index is 624. The Morgan fingerprint density at radius 1 is 1.11 bits per heavy atom. The number of ether oxygens (including phenoxy) is 1. The van der Waals surface area contributed by atoms with Gasteiger partial charge in [0.05, 0.1) is 17.1 Å². The molecular formula is C14H9BrF2O2. The van der Waals surface area contributed by atoms with Crippen molar-refractivity contribution in [1.29, 1.82) is 0 Å². The molecule has 0 bridgehead atoms. The molecule has 2 rings (SSSR count). The maximum Gasteiger partial charge on any atom is 0.198 e. The number of carbonyl (C=O) groups excluding carboxylic acids is 1. The molecule has 0 fully saturated rings. The topological polar surface area (TPSA) is 26.3 Å². The standard InChI is InChI=1S/C14H9BrF2O2/c1-19-9-4-2-8(3-5-9)14(18)12-11(16)7-6-10(15)13(12)17/h2-7H,1H3. The van der Waals surface area contributed by atoms with Crippen LogP contribution in [0.5, 0.6) is 5.75 Å². The molecule has 0 aromatic heterocycles. The molecule has 5 heteroatoms. The average Bonchev–Trinajstić information content (AvgIpc) is 2.43. The van der Waals surface area contributed by atoms with Gasteiger partial charge < -0.3 is 4.74 Å². The summed E-state index contributed by atoms with van der Waals surface area (Å²) in [6.07, 6.45) is 0. The van der Waals surface area contributed by atoms with E-state index in [1.54, 1.807) is 12.1 Å². The van der Waals surface area contributed by atoms with Crippen molar-refractivity contribution in [2.24, 2.45) is 0 Å². The maximum atomic E-state index is 13.8. The summed E-state index contributed by atoms with van der Waals surface area (Å²) in [6, 6.07) is 8.29. The lowest BCUT2D eigenvalue weighted by atomic mass is 10.0. The lowest BCUT2D eigenvalue weighted by Crippen LogP contribution is -2.08. The van der Waals surface area contributed by atoms with E-state index in [-0.39, 0.29) is 10.0 Å². The van der Waals surface area contributed by atoms with E-state index < -0.39 is 23.0 Å². The molecule has 0 saturated carbocycles. The van der Waals surface area contributed by atoms with Gasteiger partial charge in [0.25, 0.3) is 0 Å². The molecule has 0 atom stereocenters. The summed E-state index contributed by atoms with van der Waals surface area (Å²) in [6.45, 7) is 0. The molecule has 0 unspecified atom stereocenters. The van der Waals surface area contributed by atoms with E-state index in [1.807, 2.05) is 0 Å². The monoisotopic (exact) mass is 326 g/mol. The third-order valence-corrected chi connectivity index (χ3v) is 3.24. The van der Waals surface area contributed by atoms with Gasteiger partial charge >= 0.3 is 0 Å². The van der Waals surface area contributed by atoms with E-state index in [4.69, 9.17) is 4.74 Å². The molecule has 2 aromatic carbocycles. The van der Waals surface area contributed by atoms with Gasteiger partial charge in [0.2, 0.25) is 0 Å². The summed E-state index contributed by atoms with van der Waals surface area (Å²) in [5.74, 6) is -1.94. The zero-order valence-corrected chi connectivity index (χ0v) is 11.5. The molecule has 0 amide bonds. The Morgan fingerprint density at radius 3 is 2.32 bits per heavy atom. The van der Waals surface area contributed by atoms with Crippen LogP contribution in [0.3, 0.4) is 0 Å². The van der Waals surface area contributed by atoms with Gasteiger partial charge in [0.15, 0.2) is 11.6 Å². The molecule has 2 aromatic rings. The first-order chi connectivity index (χ1) is 9.04. The molecule has 0 spiro atoms. The van der Waals surface area contributed by atoms with Crippen LogP contribution in [0, 0.1) is 11.6 Å². The smallest absolute Gasteiger partial charge is 0.198 e. The summed E-state index contributed by atoms with van der Waals surface area (Å²) in [5, 5.41) is 0. The molecule has 0 N–H and O–H groups in total. The van der Waals surface area contributed by atoms with Gasteiger partial charge in [-0.1, -0.05) is 0 Å². The summed E-state index contributed by atoms with van der Waals surface area (Å²) in [4.78, 5) is 12.1. The van der Waals surface area contributed by atoms with Gasteiger partial charge in [0.1, 0.15) is 11.6 Å². The first kappa shape index (κ1) is 13.7. The van der Waals surface area contributed by atoms with E-state index in [9.17, 15) is 13.6 Å². The van der Waals surface area contributed by atoms with Crippen molar-refractivity contribution in [3.8, 4) is 5.75 Å². The fraction of sp³-hybridized carbons (Fsp3) is 0.0714. The highest BCUT2D eigenvalue weighted by molar-refractivity contribution is 9.10. The van der Waals surface area contributed by atoms with Crippen LogP contribution in [0.4, 0.5) is 8.78 Å². The Hall–Kier alpha value is -1.75. The van der Waals surface area contributed by atoms with Crippen LogP contribution >= 0.6 is 15.9 Å². The molecule has 0 aliphatic rings. The van der Waals surface area contributed by atoms with E-state index >= 15 is 0 Å². The third-order valence-electron chi connectivity index (χ3n) is 2.62. The van der Waals surface area contributed by atoms with Gasteiger partial charge in [-0.25, -0.2) is 8.78 Å². The molecule has 0 heterocycles. The van der Waals surface area contributed by atoms with Crippen LogP contribution < -0.4 is 4.74 Å². The number of halogens is 3. The molecule has 0 saturated heterocycles. The second-order valence-electron chi connectivity index (χ2n) is 3.78. The number of rotatable bonds is 3. The highest BCUT2D eigenvalue weighted by Crippen LogP contribution is 2.24. The Morgan fingerprint density at radius 2 is 1.74 bits per heavy atom. The van der Waals surface area contributed by atoms with Crippen LogP contribution in [-0.4, -0.2) is 12.9 Å². The molecule has 0 radical (unpaired) electrons. The summed E-state index contributed by atoms with van der Waals surface area (Å²) in [5.41, 5.74) is -0.378. The number of carbonyl (C=O) groups is 1. The Balaban J connectivity index is 2.46. The normalized spacial score (nSPS) is 10.3. The lowest BCUT2D eigenvalue weighted by molar-refractivity contribution is 0.103. The van der Waals surface area contributed by atoms with E-state index in [2.05, 4.69) is 15.9 Å². The van der Waals surface area contributed by atoms with E-state index in [0.29, 0.717) is 5.75 Å². The van der Waals surface area contributed by atoms with Gasteiger partial charge in [-0.3, -0.25) is 4.79 Å². The predicted molar refractivity (Wildman–Crippen MR) is 70.5 cm³/mol. The summed E-state index contributed by atoms with van der Waals surface area (Å²) in [7, 11) is 1.49. The zero-order valence-electron chi connectivity index (χ0n) is 9.91. The molecule has 2 nitrogen and oxygen atoms in total. The minimum atomic E-state index is -0.902. The highest BCUT2D eigenvalue weighted by Gasteiger charge is 2.20. The predicted octanol–water partition coefficient (Wildman–Crippen LogP) is 3.97. The molecule has 0 aliphatic carbocycles. The second kappa shape index (κ2) is 5.48. The van der Waals surface area contributed by atoms with Crippen LogP contribution in [0.2, 0.25) is 0 Å². The number of benzene rings is 2. The van der Waals surface area contributed by atoms with Crippen LogP contribution in [0.1, 0.15) is 15.9 Å². The van der Waals surface area contributed by atoms with Gasteiger partial charge in [-0.15, -0.1) is 0 Å². The molecule has 0 aliphatic heterocycles. The van der Waals surface area contributed by atoms with Crippen molar-refractivity contribution in [1.82, 2.24) is 0 Å². The first-order valence-electron chi connectivity index (χ1n) is 5.37. The SMILES string of the molecule is COc1ccc(C(=O)c2c(F)ccc(Br)c2F)cc1. The van der Waals surface area contributed by atoms with Gasteiger partial charge in [-0.2, -0.15) is 0 Å². The minimum Gasteiger partial charge on any atom is -0.497 e. The fourth-order valence-corrected chi connectivity index (χ4v) is 1.95. The van der Waals surface area contributed by atoms with Crippen molar-refractivity contribution < 1.29 is 18.3 Å². The Labute approximate surface area is 117 Å². The highest BCUT2D eigenvalue weighted by atomic mass is 79.9. The molecule has 98 valence electrons. The van der Waals surface area contributed by atoms with Crippen molar-refractivity contribution in [3.05, 3.63) is 63.6 Å². The number of methoxy groups -OCH3 is 1. The largest absolute Gasteiger partial charge is 0.497 e. The molecular weight excluding hydrogens is 318 g/mol. The fourth-order valence-electron chi connectivity index (χ4n) is 1.62. The number of hydrogen-bond acceptors (Lipinski definition) is 2. The van der Waals surface area contributed by atoms with E-state index in [0.717, 1.165) is 6.07 Å². The molecule has 19 heavy (non-hydrogen) atoms. The van der Waals surface area contributed by atoms with Crippen molar-refractivity contribution >= 4 is 21.7 Å². The summed E-state index contributed by atoms with van der Waals surface area (Å²) >= 11 is 2.93. The van der Waals surface area contributed by atoms with Crippen LogP contribution in [-0.2, 0) is 0 Å². The zero-order chi connectivity index (χ0) is 14.0. The van der Waals surface area contributed by atoms with Gasteiger partial charge in [-0.05, 0) is 52.3 Å². The quantitative estimate of drug-likeness (QED) is 0.630. The first-order valence-corrected chi connectivity index (χ1v) is 6.16.